The summed E-state index contributed by atoms with van der Waals surface area (Å²) in [6, 6.07) is 0. The Morgan fingerprint density at radius 1 is 1.11 bits per heavy atom. The van der Waals surface area contributed by atoms with E-state index in [-0.39, 0.29) is 0 Å². The van der Waals surface area contributed by atoms with E-state index in [4.69, 9.17) is 4.98 Å². The number of hydrogen-bond donors (Lipinski definition) is 1. The van der Waals surface area contributed by atoms with Crippen LogP contribution in [0.2, 0.25) is 0 Å². The van der Waals surface area contributed by atoms with Crippen LogP contribution in [0.4, 0.5) is 5.13 Å². The van der Waals surface area contributed by atoms with Crippen molar-refractivity contribution in [3.8, 4) is 0 Å². The zero-order valence-corrected chi connectivity index (χ0v) is 13.1. The second kappa shape index (κ2) is 8.48. The topological polar surface area (TPSA) is 28.2 Å². The second-order valence-electron chi connectivity index (χ2n) is 4.49. The van der Waals surface area contributed by atoms with E-state index in [2.05, 4.69) is 37.9 Å². The first-order valence-electron chi connectivity index (χ1n) is 7.20. The summed E-state index contributed by atoms with van der Waals surface area (Å²) < 4.78 is 0. The molecule has 0 amide bonds. The van der Waals surface area contributed by atoms with Crippen LogP contribution in [-0.4, -0.2) is 24.6 Å². The Morgan fingerprint density at radius 2 is 1.78 bits per heavy atom. The van der Waals surface area contributed by atoms with Crippen molar-refractivity contribution in [1.29, 1.82) is 0 Å². The molecule has 3 nitrogen and oxygen atoms in total. The molecule has 0 aliphatic carbocycles. The highest BCUT2D eigenvalue weighted by molar-refractivity contribution is 7.15. The van der Waals surface area contributed by atoms with Gasteiger partial charge in [0.2, 0.25) is 0 Å². The SMILES string of the molecule is CCCN(CCC)c1nc(CC)c(CNCC)s1. The molecule has 0 saturated carbocycles. The van der Waals surface area contributed by atoms with Crippen molar-refractivity contribution < 1.29 is 0 Å². The van der Waals surface area contributed by atoms with Crippen LogP contribution >= 0.6 is 11.3 Å². The molecule has 104 valence electrons. The van der Waals surface area contributed by atoms with Gasteiger partial charge in [0.25, 0.3) is 0 Å². The van der Waals surface area contributed by atoms with Gasteiger partial charge in [-0.05, 0) is 25.8 Å². The summed E-state index contributed by atoms with van der Waals surface area (Å²) in [5, 5.41) is 4.62. The van der Waals surface area contributed by atoms with Crippen molar-refractivity contribution in [2.24, 2.45) is 0 Å². The van der Waals surface area contributed by atoms with Crippen LogP contribution in [0.5, 0.6) is 0 Å². The first-order chi connectivity index (χ1) is 8.76. The fourth-order valence-electron chi connectivity index (χ4n) is 2.00. The third-order valence-corrected chi connectivity index (χ3v) is 4.05. The average molecular weight is 269 g/mol. The minimum absolute atomic E-state index is 0.962. The minimum Gasteiger partial charge on any atom is -0.348 e. The van der Waals surface area contributed by atoms with E-state index < -0.39 is 0 Å². The van der Waals surface area contributed by atoms with E-state index in [9.17, 15) is 0 Å². The van der Waals surface area contributed by atoms with Gasteiger partial charge in [0, 0.05) is 24.5 Å². The normalized spacial score (nSPS) is 10.9. The van der Waals surface area contributed by atoms with E-state index in [1.54, 1.807) is 0 Å². The number of nitrogens with zero attached hydrogens (tertiary/aromatic N) is 2. The second-order valence-corrected chi connectivity index (χ2v) is 5.55. The van der Waals surface area contributed by atoms with Crippen LogP contribution < -0.4 is 10.2 Å². The van der Waals surface area contributed by atoms with Crippen LogP contribution in [0.25, 0.3) is 0 Å². The third kappa shape index (κ3) is 4.25. The summed E-state index contributed by atoms with van der Waals surface area (Å²) in [6.07, 6.45) is 3.40. The summed E-state index contributed by atoms with van der Waals surface area (Å²) in [4.78, 5) is 8.66. The Morgan fingerprint density at radius 3 is 2.28 bits per heavy atom. The number of rotatable bonds is 9. The van der Waals surface area contributed by atoms with Gasteiger partial charge >= 0.3 is 0 Å². The van der Waals surface area contributed by atoms with Gasteiger partial charge in [-0.3, -0.25) is 0 Å². The highest BCUT2D eigenvalue weighted by atomic mass is 32.1. The molecule has 0 radical (unpaired) electrons. The molecule has 0 bridgehead atoms. The molecule has 0 aromatic carbocycles. The van der Waals surface area contributed by atoms with Crippen LogP contribution in [0.1, 0.15) is 51.1 Å². The van der Waals surface area contributed by atoms with Crippen molar-refractivity contribution in [1.82, 2.24) is 10.3 Å². The molecule has 1 N–H and O–H groups in total. The molecule has 0 unspecified atom stereocenters. The predicted octanol–water partition coefficient (Wildman–Crippen LogP) is 3.44. The lowest BCUT2D eigenvalue weighted by Gasteiger charge is -2.19. The van der Waals surface area contributed by atoms with Gasteiger partial charge in [-0.25, -0.2) is 4.98 Å². The van der Waals surface area contributed by atoms with Crippen LogP contribution in [0, 0.1) is 0 Å². The summed E-state index contributed by atoms with van der Waals surface area (Å²) >= 11 is 1.86. The minimum atomic E-state index is 0.962. The van der Waals surface area contributed by atoms with Crippen molar-refractivity contribution in [2.75, 3.05) is 24.5 Å². The summed E-state index contributed by atoms with van der Waals surface area (Å²) in [6.45, 7) is 13.0. The van der Waals surface area contributed by atoms with Gasteiger partial charge in [-0.15, -0.1) is 11.3 Å². The average Bonchev–Trinajstić information content (AvgIpc) is 2.79. The molecule has 1 heterocycles. The first-order valence-corrected chi connectivity index (χ1v) is 8.02. The van der Waals surface area contributed by atoms with E-state index in [1.165, 1.54) is 28.5 Å². The van der Waals surface area contributed by atoms with Crippen molar-refractivity contribution in [2.45, 2.75) is 53.5 Å². The van der Waals surface area contributed by atoms with Gasteiger partial charge < -0.3 is 10.2 Å². The molecule has 0 saturated heterocycles. The number of hydrogen-bond acceptors (Lipinski definition) is 4. The van der Waals surface area contributed by atoms with Gasteiger partial charge in [0.15, 0.2) is 5.13 Å². The third-order valence-electron chi connectivity index (χ3n) is 2.89. The predicted molar refractivity (Wildman–Crippen MR) is 81.7 cm³/mol. The quantitative estimate of drug-likeness (QED) is 0.744. The first kappa shape index (κ1) is 15.4. The fourth-order valence-corrected chi connectivity index (χ4v) is 3.17. The molecule has 18 heavy (non-hydrogen) atoms. The Labute approximate surface area is 116 Å². The number of aromatic nitrogens is 1. The molecular formula is C14H27N3S. The number of aryl methyl sites for hydroxylation is 1. The maximum atomic E-state index is 4.82. The highest BCUT2D eigenvalue weighted by Crippen LogP contribution is 2.27. The van der Waals surface area contributed by atoms with E-state index >= 15 is 0 Å². The highest BCUT2D eigenvalue weighted by Gasteiger charge is 2.14. The largest absolute Gasteiger partial charge is 0.348 e. The molecule has 1 aromatic heterocycles. The Hall–Kier alpha value is -0.610. The van der Waals surface area contributed by atoms with Crippen LogP contribution in [0.3, 0.4) is 0 Å². The lowest BCUT2D eigenvalue weighted by Crippen LogP contribution is -2.24. The maximum Gasteiger partial charge on any atom is 0.185 e. The van der Waals surface area contributed by atoms with Crippen molar-refractivity contribution in [3.05, 3.63) is 10.6 Å². The number of thiazole rings is 1. The van der Waals surface area contributed by atoms with Crippen LogP contribution in [-0.2, 0) is 13.0 Å². The molecule has 1 aromatic rings. The Kier molecular flexibility index (Phi) is 7.28. The Bertz CT molecular complexity index is 330. The van der Waals surface area contributed by atoms with Gasteiger partial charge in [-0.2, -0.15) is 0 Å². The van der Waals surface area contributed by atoms with Crippen molar-refractivity contribution >= 4 is 16.5 Å². The molecule has 0 spiro atoms. The molecule has 0 aliphatic rings. The van der Waals surface area contributed by atoms with Crippen LogP contribution in [0.15, 0.2) is 0 Å². The summed E-state index contributed by atoms with van der Waals surface area (Å²) in [5.41, 5.74) is 1.27. The molecular weight excluding hydrogens is 242 g/mol. The fraction of sp³-hybridized carbons (Fsp3) is 0.786. The Balaban J connectivity index is 2.83. The molecule has 0 aliphatic heterocycles. The van der Waals surface area contributed by atoms with E-state index in [0.29, 0.717) is 0 Å². The van der Waals surface area contributed by atoms with Gasteiger partial charge in [0.05, 0.1) is 5.69 Å². The lowest BCUT2D eigenvalue weighted by molar-refractivity contribution is 0.725. The van der Waals surface area contributed by atoms with E-state index in [1.807, 2.05) is 11.3 Å². The zero-order chi connectivity index (χ0) is 13.4. The maximum absolute atomic E-state index is 4.82. The summed E-state index contributed by atoms with van der Waals surface area (Å²) in [5.74, 6) is 0. The molecule has 0 fully saturated rings. The van der Waals surface area contributed by atoms with Crippen molar-refractivity contribution in [3.63, 3.8) is 0 Å². The smallest absolute Gasteiger partial charge is 0.185 e. The van der Waals surface area contributed by atoms with E-state index in [0.717, 1.165) is 32.6 Å². The number of anilines is 1. The lowest BCUT2D eigenvalue weighted by atomic mass is 10.3. The number of nitrogens with one attached hydrogen (secondary N) is 1. The molecule has 0 atom stereocenters. The van der Waals surface area contributed by atoms with Gasteiger partial charge in [0.1, 0.15) is 0 Å². The molecule has 4 heteroatoms. The standard InChI is InChI=1S/C14H27N3S/c1-5-9-17(10-6-2)14-16-12(7-3)13(18-14)11-15-8-4/h15H,5-11H2,1-4H3. The molecule has 1 rings (SSSR count). The monoisotopic (exact) mass is 269 g/mol. The van der Waals surface area contributed by atoms with Gasteiger partial charge in [-0.1, -0.05) is 27.7 Å². The zero-order valence-electron chi connectivity index (χ0n) is 12.3. The summed E-state index contributed by atoms with van der Waals surface area (Å²) in [7, 11) is 0.